The number of ether oxygens (including phenoxy) is 1. The molecule has 1 aliphatic rings. The predicted molar refractivity (Wildman–Crippen MR) is 108 cm³/mol. The zero-order valence-corrected chi connectivity index (χ0v) is 17.3. The number of benzene rings is 2. The van der Waals surface area contributed by atoms with Gasteiger partial charge in [-0.05, 0) is 35.4 Å². The van der Waals surface area contributed by atoms with Crippen LogP contribution in [0.4, 0.5) is 5.69 Å². The van der Waals surface area contributed by atoms with Gasteiger partial charge in [0.2, 0.25) is 20.0 Å². The van der Waals surface area contributed by atoms with E-state index in [0.29, 0.717) is 23.6 Å². The topological polar surface area (TPSA) is 105 Å². The molecule has 1 unspecified atom stereocenters. The van der Waals surface area contributed by atoms with Gasteiger partial charge in [-0.3, -0.25) is 4.72 Å². The number of anilines is 1. The molecule has 0 amide bonds. The highest BCUT2D eigenvalue weighted by Gasteiger charge is 2.34. The minimum Gasteiger partial charge on any atom is -0.497 e. The van der Waals surface area contributed by atoms with Gasteiger partial charge >= 0.3 is 0 Å². The van der Waals surface area contributed by atoms with E-state index in [1.807, 2.05) is 6.07 Å². The Kier molecular flexibility index (Phi) is 5.35. The molecule has 0 saturated carbocycles. The number of hydrazone groups is 1. The van der Waals surface area contributed by atoms with Gasteiger partial charge in [0.25, 0.3) is 0 Å². The van der Waals surface area contributed by atoms with Gasteiger partial charge in [-0.25, -0.2) is 16.8 Å². The first kappa shape index (κ1) is 20.2. The maximum absolute atomic E-state index is 12.3. The number of hydrogen-bond donors (Lipinski definition) is 1. The number of hydrogen-bond acceptors (Lipinski definition) is 6. The lowest BCUT2D eigenvalue weighted by atomic mass is 9.99. The molecule has 1 N–H and O–H groups in total. The van der Waals surface area contributed by atoms with E-state index in [9.17, 15) is 16.8 Å². The number of methoxy groups -OCH3 is 1. The molecule has 0 aromatic heterocycles. The number of nitrogens with zero attached hydrogens (tertiary/aromatic N) is 2. The van der Waals surface area contributed by atoms with Crippen LogP contribution >= 0.6 is 0 Å². The van der Waals surface area contributed by atoms with Crippen LogP contribution in [0.25, 0.3) is 0 Å². The van der Waals surface area contributed by atoms with Crippen molar-refractivity contribution in [3.8, 4) is 5.75 Å². The summed E-state index contributed by atoms with van der Waals surface area (Å²) in [5.74, 6) is 0.635. The van der Waals surface area contributed by atoms with E-state index in [1.54, 1.807) is 49.6 Å². The van der Waals surface area contributed by atoms with Crippen LogP contribution in [-0.2, 0) is 20.0 Å². The molecule has 8 nitrogen and oxygen atoms in total. The monoisotopic (exact) mass is 423 g/mol. The number of nitrogens with one attached hydrogen (secondary N) is 1. The summed E-state index contributed by atoms with van der Waals surface area (Å²) in [5.41, 5.74) is 2.52. The predicted octanol–water partition coefficient (Wildman–Crippen LogP) is 2.18. The third kappa shape index (κ3) is 4.63. The molecule has 2 aromatic rings. The average Bonchev–Trinajstić information content (AvgIpc) is 3.07. The summed E-state index contributed by atoms with van der Waals surface area (Å²) in [5, 5.41) is 4.33. The second kappa shape index (κ2) is 7.44. The molecule has 0 bridgehead atoms. The summed E-state index contributed by atoms with van der Waals surface area (Å²) >= 11 is 0. The first-order valence-electron chi connectivity index (χ1n) is 8.36. The van der Waals surface area contributed by atoms with Crippen molar-refractivity contribution in [1.82, 2.24) is 4.41 Å². The average molecular weight is 424 g/mol. The summed E-state index contributed by atoms with van der Waals surface area (Å²) in [6, 6.07) is 13.4. The molecular formula is C18H21N3O5S2. The smallest absolute Gasteiger partial charge is 0.247 e. The fourth-order valence-corrected chi connectivity index (χ4v) is 4.48. The molecule has 0 aliphatic carbocycles. The van der Waals surface area contributed by atoms with E-state index in [0.717, 1.165) is 28.1 Å². The fourth-order valence-electron chi connectivity index (χ4n) is 3.01. The Balaban J connectivity index is 1.92. The zero-order chi connectivity index (χ0) is 20.5. The van der Waals surface area contributed by atoms with Gasteiger partial charge in [0.15, 0.2) is 0 Å². The molecule has 0 fully saturated rings. The van der Waals surface area contributed by atoms with Crippen molar-refractivity contribution >= 4 is 31.4 Å². The van der Waals surface area contributed by atoms with E-state index in [1.165, 1.54) is 0 Å². The van der Waals surface area contributed by atoms with Crippen molar-refractivity contribution in [3.63, 3.8) is 0 Å². The normalized spacial score (nSPS) is 17.3. The Morgan fingerprint density at radius 3 is 2.32 bits per heavy atom. The van der Waals surface area contributed by atoms with Crippen LogP contribution in [-0.4, -0.2) is 46.6 Å². The lowest BCUT2D eigenvalue weighted by Gasteiger charge is -2.21. The maximum Gasteiger partial charge on any atom is 0.247 e. The Bertz CT molecular complexity index is 1110. The first-order valence-corrected chi connectivity index (χ1v) is 12.1. The van der Waals surface area contributed by atoms with Crippen molar-refractivity contribution in [2.24, 2.45) is 5.10 Å². The van der Waals surface area contributed by atoms with Crippen molar-refractivity contribution in [3.05, 3.63) is 59.7 Å². The largest absolute Gasteiger partial charge is 0.497 e. The van der Waals surface area contributed by atoms with Gasteiger partial charge in [-0.2, -0.15) is 9.52 Å². The Morgan fingerprint density at radius 1 is 1.07 bits per heavy atom. The van der Waals surface area contributed by atoms with E-state index in [-0.39, 0.29) is 0 Å². The third-order valence-electron chi connectivity index (χ3n) is 4.21. The summed E-state index contributed by atoms with van der Waals surface area (Å²) in [6.07, 6.45) is 2.58. The molecule has 150 valence electrons. The third-order valence-corrected chi connectivity index (χ3v) is 5.83. The van der Waals surface area contributed by atoms with Crippen molar-refractivity contribution in [1.29, 1.82) is 0 Å². The van der Waals surface area contributed by atoms with Crippen molar-refractivity contribution in [2.45, 2.75) is 12.5 Å². The van der Waals surface area contributed by atoms with Gasteiger partial charge in [0.05, 0.1) is 31.4 Å². The van der Waals surface area contributed by atoms with Crippen LogP contribution in [0.3, 0.4) is 0 Å². The quantitative estimate of drug-likeness (QED) is 0.767. The van der Waals surface area contributed by atoms with Crippen LogP contribution in [0.1, 0.15) is 23.6 Å². The Morgan fingerprint density at radius 2 is 1.75 bits per heavy atom. The summed E-state index contributed by atoms with van der Waals surface area (Å²) < 4.78 is 55.9. The van der Waals surface area contributed by atoms with E-state index in [2.05, 4.69) is 9.82 Å². The van der Waals surface area contributed by atoms with Gasteiger partial charge < -0.3 is 4.74 Å². The number of rotatable bonds is 6. The molecule has 1 heterocycles. The number of sulfonamides is 2. The molecule has 1 atom stereocenters. The molecule has 0 radical (unpaired) electrons. The first-order chi connectivity index (χ1) is 13.1. The standard InChI is InChI=1S/C18H21N3O5S2/c1-26-16-6-4-5-14(11-16)18-12-17(19-21(18)28(3,24)25)13-7-9-15(10-8-13)20-27(2,22)23/h4-11,18,20H,12H2,1-3H3. The zero-order valence-electron chi connectivity index (χ0n) is 15.7. The summed E-state index contributed by atoms with van der Waals surface area (Å²) in [4.78, 5) is 0. The molecule has 2 aromatic carbocycles. The van der Waals surface area contributed by atoms with Crippen LogP contribution in [0.2, 0.25) is 0 Å². The molecule has 28 heavy (non-hydrogen) atoms. The SMILES string of the molecule is COc1cccc(C2CC(c3ccc(NS(C)(=O)=O)cc3)=NN2S(C)(=O)=O)c1. The Hall–Kier alpha value is -2.59. The van der Waals surface area contributed by atoms with Gasteiger partial charge in [0, 0.05) is 12.1 Å². The minimum absolute atomic E-state index is 0.388. The van der Waals surface area contributed by atoms with Gasteiger partial charge in [0.1, 0.15) is 5.75 Å². The minimum atomic E-state index is -3.58. The molecule has 0 saturated heterocycles. The van der Waals surface area contributed by atoms with Crippen LogP contribution in [0, 0.1) is 0 Å². The molecule has 1 aliphatic heterocycles. The Labute approximate surface area is 164 Å². The molecule has 0 spiro atoms. The van der Waals surface area contributed by atoms with Gasteiger partial charge in [-0.15, -0.1) is 0 Å². The summed E-state index contributed by atoms with van der Waals surface area (Å²) in [6.45, 7) is 0. The van der Waals surface area contributed by atoms with Crippen LogP contribution in [0.5, 0.6) is 5.75 Å². The van der Waals surface area contributed by atoms with Crippen LogP contribution in [0.15, 0.2) is 53.6 Å². The lowest BCUT2D eigenvalue weighted by molar-refractivity contribution is 0.371. The van der Waals surface area contributed by atoms with E-state index >= 15 is 0 Å². The van der Waals surface area contributed by atoms with E-state index in [4.69, 9.17) is 4.74 Å². The molecule has 3 rings (SSSR count). The summed E-state index contributed by atoms with van der Waals surface area (Å²) in [7, 11) is -5.40. The fraction of sp³-hybridized carbons (Fsp3) is 0.278. The van der Waals surface area contributed by atoms with Crippen LogP contribution < -0.4 is 9.46 Å². The highest BCUT2D eigenvalue weighted by molar-refractivity contribution is 7.92. The highest BCUT2D eigenvalue weighted by atomic mass is 32.2. The van der Waals surface area contributed by atoms with Crippen molar-refractivity contribution in [2.75, 3.05) is 24.3 Å². The maximum atomic E-state index is 12.3. The van der Waals surface area contributed by atoms with E-state index < -0.39 is 26.1 Å². The lowest BCUT2D eigenvalue weighted by Crippen LogP contribution is -2.25. The second-order valence-corrected chi connectivity index (χ2v) is 10.1. The highest BCUT2D eigenvalue weighted by Crippen LogP contribution is 2.35. The second-order valence-electron chi connectivity index (χ2n) is 6.53. The molecular weight excluding hydrogens is 402 g/mol. The van der Waals surface area contributed by atoms with Crippen molar-refractivity contribution < 1.29 is 21.6 Å². The van der Waals surface area contributed by atoms with Gasteiger partial charge in [-0.1, -0.05) is 24.3 Å². The molecule has 10 heteroatoms.